The zero-order valence-electron chi connectivity index (χ0n) is 18.2. The van der Waals surface area contributed by atoms with Gasteiger partial charge in [0.15, 0.2) is 0 Å². The van der Waals surface area contributed by atoms with E-state index >= 15 is 0 Å². The second-order valence-corrected chi connectivity index (χ2v) is 11.2. The Morgan fingerprint density at radius 1 is 1.11 bits per heavy atom. The number of hydrogen-bond acceptors (Lipinski definition) is 3. The van der Waals surface area contributed by atoms with Crippen LogP contribution in [0, 0.1) is 35.0 Å². The molecule has 4 heteroatoms. The van der Waals surface area contributed by atoms with E-state index in [1.807, 2.05) is 14.0 Å². The predicted octanol–water partition coefficient (Wildman–Crippen LogP) is 5.77. The highest BCUT2D eigenvalue weighted by molar-refractivity contribution is 9.09. The van der Waals surface area contributed by atoms with Gasteiger partial charge < -0.3 is 9.84 Å². The summed E-state index contributed by atoms with van der Waals surface area (Å²) in [5, 5.41) is 11.0. The van der Waals surface area contributed by atoms with Crippen molar-refractivity contribution in [2.24, 2.45) is 35.0 Å². The molecular weight excluding hydrogens is 416 g/mol. The molecule has 3 aliphatic rings. The summed E-state index contributed by atoms with van der Waals surface area (Å²) in [4.78, 5) is 12.6. The molecule has 0 aliphatic heterocycles. The van der Waals surface area contributed by atoms with Crippen molar-refractivity contribution in [3.05, 3.63) is 0 Å². The molecule has 7 atom stereocenters. The smallest absolute Gasteiger partial charge is 0.147 e. The van der Waals surface area contributed by atoms with Gasteiger partial charge in [-0.2, -0.15) is 0 Å². The van der Waals surface area contributed by atoms with Gasteiger partial charge in [0.1, 0.15) is 5.78 Å². The summed E-state index contributed by atoms with van der Waals surface area (Å²) in [6.07, 6.45) is 12.8. The number of ether oxygens (including phenoxy) is 1. The van der Waals surface area contributed by atoms with E-state index in [0.717, 1.165) is 38.2 Å². The molecule has 3 rings (SSSR count). The lowest BCUT2D eigenvalue weighted by atomic mass is 9.56. The van der Waals surface area contributed by atoms with Crippen molar-refractivity contribution in [2.75, 3.05) is 19.0 Å². The van der Waals surface area contributed by atoms with Crippen LogP contribution < -0.4 is 0 Å². The molecule has 0 unspecified atom stereocenters. The van der Waals surface area contributed by atoms with Crippen LogP contribution in [0.5, 0.6) is 0 Å². The molecule has 162 valence electrons. The number of alkyl halides is 1. The van der Waals surface area contributed by atoms with Crippen LogP contribution in [0.15, 0.2) is 0 Å². The Morgan fingerprint density at radius 2 is 1.89 bits per heavy atom. The Hall–Kier alpha value is 0.0700. The lowest BCUT2D eigenvalue weighted by molar-refractivity contribution is -0.125. The molecule has 3 saturated carbocycles. The monoisotopic (exact) mass is 456 g/mol. The minimum absolute atomic E-state index is 0.192. The highest BCUT2D eigenvalue weighted by Crippen LogP contribution is 2.60. The Kier molecular flexibility index (Phi) is 7.70. The Balaban J connectivity index is 1.71. The van der Waals surface area contributed by atoms with Crippen LogP contribution in [0.4, 0.5) is 0 Å². The molecule has 0 bridgehead atoms. The number of fused-ring (bicyclic) bond motifs is 1. The predicted molar refractivity (Wildman–Crippen MR) is 118 cm³/mol. The molecule has 3 aliphatic carbocycles. The van der Waals surface area contributed by atoms with Crippen LogP contribution >= 0.6 is 15.9 Å². The van der Waals surface area contributed by atoms with Crippen molar-refractivity contribution in [3.63, 3.8) is 0 Å². The molecule has 0 heterocycles. The van der Waals surface area contributed by atoms with Gasteiger partial charge in [0.05, 0.1) is 10.9 Å². The van der Waals surface area contributed by atoms with Crippen LogP contribution in [0.25, 0.3) is 0 Å². The minimum atomic E-state index is -0.458. The summed E-state index contributed by atoms with van der Waals surface area (Å²) < 4.78 is 5.43. The van der Waals surface area contributed by atoms with Crippen molar-refractivity contribution < 1.29 is 14.6 Å². The van der Waals surface area contributed by atoms with E-state index in [9.17, 15) is 9.90 Å². The van der Waals surface area contributed by atoms with E-state index in [1.165, 1.54) is 44.9 Å². The molecule has 3 nitrogen and oxygen atoms in total. The van der Waals surface area contributed by atoms with Gasteiger partial charge in [0.2, 0.25) is 0 Å². The first-order valence-electron chi connectivity index (χ1n) is 11.6. The standard InChI is InChI=1S/C24H41BrO3/c1-23(27)12-4-5-17(15-23)6-7-19-18(11-14-28-3)10-13-24(2)20(19)8-9-21(24)22(26)16-25/h17-21,27H,4-16H2,1-3H3/t17-,18+,19+,20-,21+,23+,24-/m0/s1. The van der Waals surface area contributed by atoms with Crippen LogP contribution in [0.3, 0.4) is 0 Å². The number of Topliss-reactive ketones (excluding diaryl/α,β-unsaturated/α-hetero) is 1. The van der Waals surface area contributed by atoms with Crippen LogP contribution in [-0.4, -0.2) is 35.5 Å². The average Bonchev–Trinajstić information content (AvgIpc) is 3.01. The van der Waals surface area contributed by atoms with Crippen molar-refractivity contribution in [1.29, 1.82) is 0 Å². The maximum absolute atomic E-state index is 12.6. The first-order valence-corrected chi connectivity index (χ1v) is 12.7. The highest BCUT2D eigenvalue weighted by atomic mass is 79.9. The highest BCUT2D eigenvalue weighted by Gasteiger charge is 2.55. The van der Waals surface area contributed by atoms with Crippen LogP contribution in [0.2, 0.25) is 0 Å². The van der Waals surface area contributed by atoms with Gasteiger partial charge in [-0.1, -0.05) is 42.1 Å². The lowest BCUT2D eigenvalue weighted by Crippen LogP contribution is -2.44. The number of carbonyl (C=O) groups excluding carboxylic acids is 1. The molecule has 0 spiro atoms. The third-order valence-electron chi connectivity index (χ3n) is 8.76. The number of rotatable bonds is 8. The number of aliphatic hydroxyl groups is 1. The van der Waals surface area contributed by atoms with Gasteiger partial charge in [0, 0.05) is 19.6 Å². The van der Waals surface area contributed by atoms with Gasteiger partial charge in [-0.15, -0.1) is 0 Å². The van der Waals surface area contributed by atoms with Gasteiger partial charge in [0.25, 0.3) is 0 Å². The van der Waals surface area contributed by atoms with Crippen molar-refractivity contribution in [2.45, 2.75) is 90.1 Å². The van der Waals surface area contributed by atoms with E-state index in [2.05, 4.69) is 22.9 Å². The number of hydrogen-bond donors (Lipinski definition) is 1. The SMILES string of the molecule is COCC[C@H]1CC[C@]2(C)[C@@H](C(=O)CBr)CC[C@H]2[C@@H]1CC[C@@H]1CCC[C@@](C)(O)C1. The zero-order chi connectivity index (χ0) is 20.4. The first kappa shape index (κ1) is 22.7. The maximum atomic E-state index is 12.6. The second-order valence-electron chi connectivity index (χ2n) is 10.6. The van der Waals surface area contributed by atoms with Gasteiger partial charge in [-0.3, -0.25) is 4.79 Å². The van der Waals surface area contributed by atoms with E-state index in [4.69, 9.17) is 4.74 Å². The van der Waals surface area contributed by atoms with E-state index < -0.39 is 5.60 Å². The average molecular weight is 457 g/mol. The molecule has 0 aromatic carbocycles. The van der Waals surface area contributed by atoms with Crippen LogP contribution in [-0.2, 0) is 9.53 Å². The Morgan fingerprint density at radius 3 is 2.57 bits per heavy atom. The summed E-state index contributed by atoms with van der Waals surface area (Å²) in [7, 11) is 1.81. The van der Waals surface area contributed by atoms with Crippen LogP contribution in [0.1, 0.15) is 84.5 Å². The second kappa shape index (κ2) is 9.47. The molecule has 0 saturated heterocycles. The maximum Gasteiger partial charge on any atom is 0.147 e. The van der Waals surface area contributed by atoms with E-state index in [1.54, 1.807) is 0 Å². The van der Waals surface area contributed by atoms with Crippen molar-refractivity contribution in [3.8, 4) is 0 Å². The summed E-state index contributed by atoms with van der Waals surface area (Å²) in [5.41, 5.74) is -0.267. The lowest BCUT2D eigenvalue weighted by Gasteiger charge is -2.49. The normalized spacial score (nSPS) is 43.7. The van der Waals surface area contributed by atoms with Crippen molar-refractivity contribution in [1.82, 2.24) is 0 Å². The Bertz CT molecular complexity index is 534. The number of carbonyl (C=O) groups is 1. The Labute approximate surface area is 180 Å². The molecule has 1 N–H and O–H groups in total. The minimum Gasteiger partial charge on any atom is -0.390 e. The molecule has 28 heavy (non-hydrogen) atoms. The molecule has 0 aromatic rings. The summed E-state index contributed by atoms with van der Waals surface area (Å²) in [6, 6.07) is 0. The number of methoxy groups -OCH3 is 1. The third-order valence-corrected chi connectivity index (χ3v) is 9.32. The fraction of sp³-hybridized carbons (Fsp3) is 0.958. The van der Waals surface area contributed by atoms with Gasteiger partial charge in [-0.05, 0) is 87.4 Å². The quantitative estimate of drug-likeness (QED) is 0.471. The fourth-order valence-corrected chi connectivity index (χ4v) is 7.72. The summed E-state index contributed by atoms with van der Waals surface area (Å²) >= 11 is 3.43. The molecule has 0 radical (unpaired) electrons. The van der Waals surface area contributed by atoms with E-state index in [-0.39, 0.29) is 11.3 Å². The summed E-state index contributed by atoms with van der Waals surface area (Å²) in [5.74, 6) is 3.47. The molecule has 0 aromatic heterocycles. The van der Waals surface area contributed by atoms with E-state index in [0.29, 0.717) is 28.9 Å². The number of ketones is 1. The summed E-state index contributed by atoms with van der Waals surface area (Å²) in [6.45, 7) is 5.29. The molecular formula is C24H41BrO3. The molecule has 0 amide bonds. The largest absolute Gasteiger partial charge is 0.390 e. The zero-order valence-corrected chi connectivity index (χ0v) is 19.8. The first-order chi connectivity index (χ1) is 13.3. The fourth-order valence-electron chi connectivity index (χ4n) is 7.32. The number of halogens is 1. The van der Waals surface area contributed by atoms with Gasteiger partial charge in [-0.25, -0.2) is 0 Å². The molecule has 3 fully saturated rings. The van der Waals surface area contributed by atoms with Gasteiger partial charge >= 0.3 is 0 Å². The third kappa shape index (κ3) is 4.86. The van der Waals surface area contributed by atoms with Crippen molar-refractivity contribution >= 4 is 21.7 Å². The topological polar surface area (TPSA) is 46.5 Å².